The number of aromatic nitrogens is 2. The number of hydrogen-bond acceptors (Lipinski definition) is 7. The molecule has 2 N–H and O–H groups in total. The quantitative estimate of drug-likeness (QED) is 0.794. The first-order chi connectivity index (χ1) is 11.7. The zero-order valence-corrected chi connectivity index (χ0v) is 15.3. The van der Waals surface area contributed by atoms with Crippen molar-refractivity contribution in [2.24, 2.45) is 11.8 Å². The number of amides is 1. The van der Waals surface area contributed by atoms with Crippen LogP contribution >= 0.6 is 11.6 Å². The van der Waals surface area contributed by atoms with E-state index in [0.717, 1.165) is 0 Å². The van der Waals surface area contributed by atoms with Crippen molar-refractivity contribution in [3.05, 3.63) is 11.5 Å². The van der Waals surface area contributed by atoms with Gasteiger partial charge in [-0.25, -0.2) is 9.78 Å². The summed E-state index contributed by atoms with van der Waals surface area (Å²) in [7, 11) is 0. The first kappa shape index (κ1) is 18.0. The smallest absolute Gasteiger partial charge is 0.410 e. The van der Waals surface area contributed by atoms with Crippen LogP contribution in [0.3, 0.4) is 0 Å². The molecule has 1 aromatic heterocycles. The lowest BCUT2D eigenvalue weighted by atomic mass is 9.84. The molecule has 2 bridgehead atoms. The second kappa shape index (κ2) is 6.84. The number of carbonyl (C=O) groups excluding carboxylic acids is 1. The van der Waals surface area contributed by atoms with Crippen LogP contribution in [0.25, 0.3) is 0 Å². The minimum Gasteiger partial charge on any atom is -0.472 e. The van der Waals surface area contributed by atoms with E-state index in [1.54, 1.807) is 4.90 Å². The molecule has 2 atom stereocenters. The number of anilines is 1. The molecule has 0 saturated carbocycles. The largest absolute Gasteiger partial charge is 0.472 e. The molecular formula is C16H23ClN4O4. The van der Waals surface area contributed by atoms with Crippen molar-refractivity contribution >= 4 is 23.4 Å². The predicted octanol–water partition coefficient (Wildman–Crippen LogP) is 1.97. The van der Waals surface area contributed by atoms with Crippen molar-refractivity contribution in [1.82, 2.24) is 14.9 Å². The average molecular weight is 371 g/mol. The third-order valence-corrected chi connectivity index (χ3v) is 4.50. The van der Waals surface area contributed by atoms with Crippen LogP contribution in [0.5, 0.6) is 5.88 Å². The summed E-state index contributed by atoms with van der Waals surface area (Å²) in [5.74, 6) is 0.286. The Hall–Kier alpha value is -1.80. The van der Waals surface area contributed by atoms with E-state index in [1.165, 1.54) is 6.33 Å². The summed E-state index contributed by atoms with van der Waals surface area (Å²) < 4.78 is 17.2. The average Bonchev–Trinajstić information content (AvgIpc) is 2.49. The van der Waals surface area contributed by atoms with Gasteiger partial charge in [0.2, 0.25) is 5.88 Å². The van der Waals surface area contributed by atoms with E-state index in [-0.39, 0.29) is 40.8 Å². The molecule has 1 amide bonds. The van der Waals surface area contributed by atoms with Gasteiger partial charge in [-0.15, -0.1) is 0 Å². The van der Waals surface area contributed by atoms with Crippen molar-refractivity contribution in [3.8, 4) is 5.88 Å². The van der Waals surface area contributed by atoms with Crippen LogP contribution < -0.4 is 10.5 Å². The van der Waals surface area contributed by atoms with Gasteiger partial charge in [0, 0.05) is 24.9 Å². The fourth-order valence-electron chi connectivity index (χ4n) is 3.15. The van der Waals surface area contributed by atoms with Crippen molar-refractivity contribution in [2.75, 3.05) is 32.0 Å². The van der Waals surface area contributed by atoms with Crippen LogP contribution in [0.15, 0.2) is 6.33 Å². The van der Waals surface area contributed by atoms with Crippen molar-refractivity contribution in [1.29, 1.82) is 0 Å². The first-order valence-electron chi connectivity index (χ1n) is 8.23. The number of ether oxygens (including phenoxy) is 3. The van der Waals surface area contributed by atoms with Crippen LogP contribution in [-0.2, 0) is 9.47 Å². The highest BCUT2D eigenvalue weighted by Crippen LogP contribution is 2.34. The Bertz CT molecular complexity index is 638. The van der Waals surface area contributed by atoms with Crippen LogP contribution in [0.4, 0.5) is 10.5 Å². The molecule has 1 aromatic rings. The summed E-state index contributed by atoms with van der Waals surface area (Å²) in [6.07, 6.45) is 0.851. The van der Waals surface area contributed by atoms with Crippen molar-refractivity contribution in [3.63, 3.8) is 0 Å². The second-order valence-corrected chi connectivity index (χ2v) is 7.77. The van der Waals surface area contributed by atoms with Gasteiger partial charge in [0.05, 0.1) is 13.2 Å². The fourth-order valence-corrected chi connectivity index (χ4v) is 3.27. The lowest BCUT2D eigenvalue weighted by Gasteiger charge is -2.46. The van der Waals surface area contributed by atoms with Gasteiger partial charge in [-0.2, -0.15) is 4.98 Å². The molecule has 2 aliphatic rings. The third-order valence-electron chi connectivity index (χ3n) is 4.20. The van der Waals surface area contributed by atoms with Crippen LogP contribution in [0, 0.1) is 11.8 Å². The Balaban J connectivity index is 1.72. The zero-order chi connectivity index (χ0) is 18.2. The summed E-state index contributed by atoms with van der Waals surface area (Å²) >= 11 is 5.93. The lowest BCUT2D eigenvalue weighted by Crippen LogP contribution is -2.59. The number of piperidine rings is 1. The highest BCUT2D eigenvalue weighted by Gasteiger charge is 2.44. The van der Waals surface area contributed by atoms with Crippen LogP contribution in [0.2, 0.25) is 5.15 Å². The van der Waals surface area contributed by atoms with E-state index >= 15 is 0 Å². The Morgan fingerprint density at radius 1 is 1.32 bits per heavy atom. The number of nitrogens with two attached hydrogens (primary N) is 1. The number of halogens is 1. The molecule has 3 rings (SSSR count). The van der Waals surface area contributed by atoms with Gasteiger partial charge in [-0.05, 0) is 20.8 Å². The maximum absolute atomic E-state index is 12.4. The maximum Gasteiger partial charge on any atom is 0.410 e. The minimum atomic E-state index is -0.526. The number of rotatable bonds is 2. The molecule has 0 radical (unpaired) electrons. The minimum absolute atomic E-state index is 0.00755. The second-order valence-electron chi connectivity index (χ2n) is 7.41. The van der Waals surface area contributed by atoms with E-state index in [4.69, 9.17) is 31.5 Å². The van der Waals surface area contributed by atoms with E-state index in [2.05, 4.69) is 9.97 Å². The van der Waals surface area contributed by atoms with E-state index in [0.29, 0.717) is 26.3 Å². The Kier molecular flexibility index (Phi) is 4.92. The predicted molar refractivity (Wildman–Crippen MR) is 91.5 cm³/mol. The lowest BCUT2D eigenvalue weighted by molar-refractivity contribution is -0.113. The molecule has 25 heavy (non-hydrogen) atoms. The summed E-state index contributed by atoms with van der Waals surface area (Å²) in [5, 5.41) is 0.164. The van der Waals surface area contributed by atoms with Crippen LogP contribution in [-0.4, -0.2) is 59.0 Å². The van der Waals surface area contributed by atoms with Crippen molar-refractivity contribution < 1.29 is 19.0 Å². The highest BCUT2D eigenvalue weighted by molar-refractivity contribution is 6.32. The SMILES string of the molecule is CC(C)(C)OC(=O)N1CC2COCC(C1)C2Oc1ncnc(Cl)c1N. The Morgan fingerprint density at radius 3 is 2.56 bits per heavy atom. The van der Waals surface area contributed by atoms with Gasteiger partial charge in [-0.3, -0.25) is 0 Å². The number of likely N-dealkylation sites (tertiary alicyclic amines) is 1. The van der Waals surface area contributed by atoms with E-state index in [1.807, 2.05) is 20.8 Å². The zero-order valence-electron chi connectivity index (χ0n) is 14.6. The molecule has 2 aliphatic heterocycles. The van der Waals surface area contributed by atoms with E-state index < -0.39 is 5.60 Å². The van der Waals surface area contributed by atoms with Gasteiger partial charge in [-0.1, -0.05) is 11.6 Å². The third kappa shape index (κ3) is 4.07. The fraction of sp³-hybridized carbons (Fsp3) is 0.688. The number of hydrogen-bond donors (Lipinski definition) is 1. The standard InChI is InChI=1S/C16H23ClN4O4/c1-16(2,3)25-15(22)21-4-9-6-23-7-10(5-21)12(9)24-14-11(18)13(17)19-8-20-14/h8-10,12H,4-7,18H2,1-3H3. The Morgan fingerprint density at radius 2 is 1.96 bits per heavy atom. The molecule has 0 spiro atoms. The monoisotopic (exact) mass is 370 g/mol. The summed E-state index contributed by atoms with van der Waals surface area (Å²) in [6, 6.07) is 0. The summed E-state index contributed by atoms with van der Waals surface area (Å²) in [5.41, 5.74) is 5.59. The molecule has 2 saturated heterocycles. The van der Waals surface area contributed by atoms with E-state index in [9.17, 15) is 4.79 Å². The topological polar surface area (TPSA) is 99.8 Å². The molecule has 138 valence electrons. The molecule has 2 fully saturated rings. The van der Waals surface area contributed by atoms with Gasteiger partial charge in [0.25, 0.3) is 0 Å². The molecule has 0 aliphatic carbocycles. The normalized spacial score (nSPS) is 26.2. The number of carbonyl (C=O) groups is 1. The molecule has 8 nitrogen and oxygen atoms in total. The van der Waals surface area contributed by atoms with Gasteiger partial charge >= 0.3 is 6.09 Å². The van der Waals surface area contributed by atoms with Gasteiger partial charge < -0.3 is 24.8 Å². The van der Waals surface area contributed by atoms with Gasteiger partial charge in [0.1, 0.15) is 23.7 Å². The summed E-state index contributed by atoms with van der Waals surface area (Å²) in [4.78, 5) is 22.0. The molecular weight excluding hydrogens is 348 g/mol. The van der Waals surface area contributed by atoms with Crippen LogP contribution in [0.1, 0.15) is 20.8 Å². The molecule has 2 unspecified atom stereocenters. The molecule has 9 heteroatoms. The molecule has 0 aromatic carbocycles. The number of fused-ring (bicyclic) bond motifs is 2. The number of nitrogen functional groups attached to an aromatic ring is 1. The number of nitrogens with zero attached hydrogens (tertiary/aromatic N) is 3. The first-order valence-corrected chi connectivity index (χ1v) is 8.60. The Labute approximate surface area is 151 Å². The summed E-state index contributed by atoms with van der Waals surface area (Å²) in [6.45, 7) is 7.55. The highest BCUT2D eigenvalue weighted by atomic mass is 35.5. The molecule has 3 heterocycles. The van der Waals surface area contributed by atoms with Crippen molar-refractivity contribution in [2.45, 2.75) is 32.5 Å². The van der Waals surface area contributed by atoms with Gasteiger partial charge in [0.15, 0.2) is 5.15 Å². The maximum atomic E-state index is 12.4.